The van der Waals surface area contributed by atoms with Crippen LogP contribution in [-0.4, -0.2) is 14.6 Å². The molecule has 0 radical (unpaired) electrons. The number of aromatic nitrogens is 3. The number of halogens is 3. The standard InChI is InChI=1S/C15H10Cl2FN3/c16-12-2-1-8(5-13(12)18)9-6-10(9)11-7-14(17)20-21-4-3-19-15(11)21/h1-5,7,9-10H,6H2/t9-,10+/m1/s1. The summed E-state index contributed by atoms with van der Waals surface area (Å²) in [6.07, 6.45) is 4.41. The normalized spacial score (nSPS) is 20.9. The molecule has 3 nitrogen and oxygen atoms in total. The fraction of sp³-hybridized carbons (Fsp3) is 0.200. The van der Waals surface area contributed by atoms with E-state index in [1.807, 2.05) is 12.1 Å². The second kappa shape index (κ2) is 4.68. The summed E-state index contributed by atoms with van der Waals surface area (Å²) >= 11 is 11.8. The molecular weight excluding hydrogens is 312 g/mol. The van der Waals surface area contributed by atoms with Gasteiger partial charge in [-0.05, 0) is 42.0 Å². The topological polar surface area (TPSA) is 30.2 Å². The predicted molar refractivity (Wildman–Crippen MR) is 79.5 cm³/mol. The minimum atomic E-state index is -0.376. The average molecular weight is 322 g/mol. The van der Waals surface area contributed by atoms with Crippen LogP contribution >= 0.6 is 23.2 Å². The molecule has 1 fully saturated rings. The first-order valence-electron chi connectivity index (χ1n) is 6.58. The lowest BCUT2D eigenvalue weighted by molar-refractivity contribution is 0.626. The minimum absolute atomic E-state index is 0.151. The highest BCUT2D eigenvalue weighted by molar-refractivity contribution is 6.30. The van der Waals surface area contributed by atoms with E-state index in [1.54, 1.807) is 23.0 Å². The maximum absolute atomic E-state index is 13.6. The zero-order valence-electron chi connectivity index (χ0n) is 10.8. The average Bonchev–Trinajstić information content (AvgIpc) is 3.11. The van der Waals surface area contributed by atoms with E-state index in [4.69, 9.17) is 23.2 Å². The third-order valence-corrected chi connectivity index (χ3v) is 4.41. The molecule has 1 aromatic carbocycles. The zero-order chi connectivity index (χ0) is 14.6. The monoisotopic (exact) mass is 321 g/mol. The van der Waals surface area contributed by atoms with Gasteiger partial charge in [-0.15, -0.1) is 0 Å². The maximum Gasteiger partial charge on any atom is 0.157 e. The van der Waals surface area contributed by atoms with E-state index in [-0.39, 0.29) is 22.7 Å². The first-order valence-corrected chi connectivity index (χ1v) is 7.34. The molecular formula is C15H10Cl2FN3. The van der Waals surface area contributed by atoms with Gasteiger partial charge in [-0.1, -0.05) is 29.3 Å². The minimum Gasteiger partial charge on any atom is -0.235 e. The van der Waals surface area contributed by atoms with Gasteiger partial charge < -0.3 is 0 Å². The number of imidazole rings is 1. The van der Waals surface area contributed by atoms with E-state index in [2.05, 4.69) is 10.1 Å². The first kappa shape index (κ1) is 13.0. The van der Waals surface area contributed by atoms with Crippen LogP contribution in [0.2, 0.25) is 10.2 Å². The van der Waals surface area contributed by atoms with E-state index in [0.717, 1.165) is 23.2 Å². The Labute approximate surface area is 130 Å². The molecule has 0 spiro atoms. The van der Waals surface area contributed by atoms with Crippen molar-refractivity contribution < 1.29 is 4.39 Å². The van der Waals surface area contributed by atoms with Crippen LogP contribution in [0.1, 0.15) is 29.4 Å². The van der Waals surface area contributed by atoms with Crippen LogP contribution in [0, 0.1) is 5.82 Å². The number of fused-ring (bicyclic) bond motifs is 1. The molecule has 1 saturated carbocycles. The Balaban J connectivity index is 1.72. The molecule has 0 unspecified atom stereocenters. The molecule has 1 aliphatic carbocycles. The molecule has 6 heteroatoms. The SMILES string of the molecule is Fc1cc([C@H]2C[C@@H]2c2cc(Cl)nn3ccnc23)ccc1Cl. The molecule has 0 N–H and O–H groups in total. The van der Waals surface area contributed by atoms with Gasteiger partial charge in [0.2, 0.25) is 0 Å². The lowest BCUT2D eigenvalue weighted by Crippen LogP contribution is -1.96. The third kappa shape index (κ3) is 2.19. The predicted octanol–water partition coefficient (Wildman–Crippen LogP) is 4.45. The van der Waals surface area contributed by atoms with Gasteiger partial charge in [0.05, 0.1) is 5.02 Å². The quantitative estimate of drug-likeness (QED) is 0.698. The van der Waals surface area contributed by atoms with Crippen molar-refractivity contribution in [2.45, 2.75) is 18.3 Å². The molecule has 2 atom stereocenters. The molecule has 0 aliphatic heterocycles. The third-order valence-electron chi connectivity index (χ3n) is 3.92. The summed E-state index contributed by atoms with van der Waals surface area (Å²) < 4.78 is 15.3. The Morgan fingerprint density at radius 1 is 1.19 bits per heavy atom. The van der Waals surface area contributed by atoms with E-state index in [0.29, 0.717) is 5.15 Å². The molecule has 0 bridgehead atoms. The zero-order valence-corrected chi connectivity index (χ0v) is 12.3. The molecule has 3 aromatic rings. The van der Waals surface area contributed by atoms with Gasteiger partial charge in [0, 0.05) is 18.0 Å². The lowest BCUT2D eigenvalue weighted by atomic mass is 10.1. The molecule has 106 valence electrons. The van der Waals surface area contributed by atoms with Gasteiger partial charge in [-0.25, -0.2) is 13.9 Å². The number of nitrogens with zero attached hydrogens (tertiary/aromatic N) is 3. The van der Waals surface area contributed by atoms with Gasteiger partial charge in [0.15, 0.2) is 5.65 Å². The van der Waals surface area contributed by atoms with Gasteiger partial charge in [-0.2, -0.15) is 5.10 Å². The number of benzene rings is 1. The Morgan fingerprint density at radius 2 is 2.05 bits per heavy atom. The van der Waals surface area contributed by atoms with Crippen LogP contribution in [0.25, 0.3) is 5.65 Å². The molecule has 0 amide bonds. The highest BCUT2D eigenvalue weighted by atomic mass is 35.5. The first-order chi connectivity index (χ1) is 10.1. The Bertz CT molecular complexity index is 846. The molecule has 2 heterocycles. The summed E-state index contributed by atoms with van der Waals surface area (Å²) in [6.45, 7) is 0. The fourth-order valence-electron chi connectivity index (χ4n) is 2.83. The van der Waals surface area contributed by atoms with Crippen molar-refractivity contribution in [3.05, 3.63) is 63.8 Å². The van der Waals surface area contributed by atoms with E-state index < -0.39 is 0 Å². The van der Waals surface area contributed by atoms with Gasteiger partial charge in [0.1, 0.15) is 11.0 Å². The summed E-state index contributed by atoms with van der Waals surface area (Å²) in [4.78, 5) is 4.33. The summed E-state index contributed by atoms with van der Waals surface area (Å²) in [5.41, 5.74) is 2.82. The molecule has 0 saturated heterocycles. The highest BCUT2D eigenvalue weighted by Crippen LogP contribution is 2.55. The van der Waals surface area contributed by atoms with Crippen molar-refractivity contribution in [2.75, 3.05) is 0 Å². The van der Waals surface area contributed by atoms with Crippen molar-refractivity contribution in [3.8, 4) is 0 Å². The van der Waals surface area contributed by atoms with Crippen molar-refractivity contribution in [2.24, 2.45) is 0 Å². The summed E-state index contributed by atoms with van der Waals surface area (Å²) in [7, 11) is 0. The van der Waals surface area contributed by atoms with Crippen LogP contribution in [0.15, 0.2) is 36.7 Å². The van der Waals surface area contributed by atoms with E-state index >= 15 is 0 Å². The number of hydrogen-bond donors (Lipinski definition) is 0. The summed E-state index contributed by atoms with van der Waals surface area (Å²) in [5, 5.41) is 4.76. The smallest absolute Gasteiger partial charge is 0.157 e. The van der Waals surface area contributed by atoms with Crippen molar-refractivity contribution in [1.82, 2.24) is 14.6 Å². The second-order valence-electron chi connectivity index (χ2n) is 5.24. The number of rotatable bonds is 2. The maximum atomic E-state index is 13.6. The fourth-order valence-corrected chi connectivity index (χ4v) is 3.15. The Hall–Kier alpha value is -1.65. The van der Waals surface area contributed by atoms with Gasteiger partial charge in [-0.3, -0.25) is 0 Å². The molecule has 21 heavy (non-hydrogen) atoms. The highest BCUT2D eigenvalue weighted by Gasteiger charge is 2.41. The molecule has 4 rings (SSSR count). The number of hydrogen-bond acceptors (Lipinski definition) is 2. The largest absolute Gasteiger partial charge is 0.235 e. The van der Waals surface area contributed by atoms with E-state index in [1.165, 1.54) is 6.07 Å². The van der Waals surface area contributed by atoms with Crippen LogP contribution < -0.4 is 0 Å². The van der Waals surface area contributed by atoms with Crippen molar-refractivity contribution in [3.63, 3.8) is 0 Å². The molecule has 1 aliphatic rings. The Morgan fingerprint density at radius 3 is 2.86 bits per heavy atom. The van der Waals surface area contributed by atoms with E-state index in [9.17, 15) is 4.39 Å². The van der Waals surface area contributed by atoms with Crippen molar-refractivity contribution in [1.29, 1.82) is 0 Å². The van der Waals surface area contributed by atoms with Crippen molar-refractivity contribution >= 4 is 28.8 Å². The van der Waals surface area contributed by atoms with Gasteiger partial charge in [0.25, 0.3) is 0 Å². The van der Waals surface area contributed by atoms with Crippen LogP contribution in [0.3, 0.4) is 0 Å². The van der Waals surface area contributed by atoms with Crippen LogP contribution in [0.5, 0.6) is 0 Å². The summed E-state index contributed by atoms with van der Waals surface area (Å²) in [6, 6.07) is 6.84. The van der Waals surface area contributed by atoms with Crippen LogP contribution in [0.4, 0.5) is 4.39 Å². The Kier molecular flexibility index (Phi) is 2.91. The van der Waals surface area contributed by atoms with Gasteiger partial charge >= 0.3 is 0 Å². The van der Waals surface area contributed by atoms with Crippen LogP contribution in [-0.2, 0) is 0 Å². The summed E-state index contributed by atoms with van der Waals surface area (Å²) in [5.74, 6) is 0.185. The lowest BCUT2D eigenvalue weighted by Gasteiger charge is -2.05. The molecule has 2 aromatic heterocycles. The second-order valence-corrected chi connectivity index (χ2v) is 6.03.